The molecule has 0 radical (unpaired) electrons. The van der Waals surface area contributed by atoms with Gasteiger partial charge in [-0.1, -0.05) is 34.2 Å². The van der Waals surface area contributed by atoms with Crippen molar-refractivity contribution in [2.45, 2.75) is 36.0 Å². The Labute approximate surface area is 124 Å². The van der Waals surface area contributed by atoms with Crippen molar-refractivity contribution in [3.05, 3.63) is 38.5 Å². The fourth-order valence-electron chi connectivity index (χ4n) is 2.90. The van der Waals surface area contributed by atoms with Crippen LogP contribution >= 0.6 is 45.2 Å². The molecule has 0 fully saturated rings. The van der Waals surface area contributed by atoms with Crippen LogP contribution in [-0.4, -0.2) is 3.92 Å². The van der Waals surface area contributed by atoms with E-state index in [1.165, 1.54) is 35.7 Å². The summed E-state index contributed by atoms with van der Waals surface area (Å²) in [6, 6.07) is 6.97. The monoisotopic (exact) mass is 436 g/mol. The number of hydrogen-bond acceptors (Lipinski definition) is 0. The quantitative estimate of drug-likeness (QED) is 0.398. The molecule has 0 heterocycles. The van der Waals surface area contributed by atoms with E-state index in [1.807, 2.05) is 0 Å². The van der Waals surface area contributed by atoms with Crippen LogP contribution in [0, 0.1) is 3.57 Å². The molecule has 0 saturated heterocycles. The average Bonchev–Trinajstić information content (AvgIpc) is 2.28. The number of hydrogen-bond donors (Lipinski definition) is 0. The second-order valence-corrected chi connectivity index (χ2v) is 7.73. The lowest BCUT2D eigenvalue weighted by Crippen LogP contribution is -2.14. The van der Waals surface area contributed by atoms with Crippen LogP contribution in [0.25, 0.3) is 5.57 Å². The Morgan fingerprint density at radius 2 is 2.00 bits per heavy atom. The number of allylic oxidation sites excluding steroid dienone is 2. The maximum absolute atomic E-state index is 2.62. The average molecular weight is 436 g/mol. The van der Waals surface area contributed by atoms with Gasteiger partial charge >= 0.3 is 0 Å². The fraction of sp³-hybridized carbons (Fsp3) is 0.429. The predicted octanol–water partition coefficient (Wildman–Crippen LogP) is 4.98. The highest BCUT2D eigenvalue weighted by Crippen LogP contribution is 2.42. The van der Waals surface area contributed by atoms with E-state index in [-0.39, 0.29) is 0 Å². The highest BCUT2D eigenvalue weighted by molar-refractivity contribution is 14.1. The Hall–Kier alpha value is 0.420. The molecular formula is C14H14I2. The Morgan fingerprint density at radius 1 is 1.12 bits per heavy atom. The van der Waals surface area contributed by atoms with Gasteiger partial charge < -0.3 is 0 Å². The Bertz CT molecular complexity index is 460. The van der Waals surface area contributed by atoms with Gasteiger partial charge in [0.25, 0.3) is 0 Å². The molecule has 2 aliphatic rings. The van der Waals surface area contributed by atoms with Gasteiger partial charge in [0.1, 0.15) is 0 Å². The van der Waals surface area contributed by atoms with Crippen LogP contribution in [0.3, 0.4) is 0 Å². The molecule has 0 aliphatic heterocycles. The first-order valence-electron chi connectivity index (χ1n) is 5.88. The molecule has 0 spiro atoms. The van der Waals surface area contributed by atoms with Crippen LogP contribution in [0.15, 0.2) is 23.8 Å². The molecular weight excluding hydrogens is 422 g/mol. The molecule has 0 nitrogen and oxygen atoms in total. The number of alkyl halides is 1. The number of aryl methyl sites for hydroxylation is 1. The normalized spacial score (nSPS) is 24.0. The zero-order valence-corrected chi connectivity index (χ0v) is 13.4. The molecule has 0 bridgehead atoms. The maximum atomic E-state index is 2.62. The summed E-state index contributed by atoms with van der Waals surface area (Å²) < 4.78 is 2.25. The minimum Gasteiger partial charge on any atom is -0.0823 e. The summed E-state index contributed by atoms with van der Waals surface area (Å²) in [7, 11) is 0. The van der Waals surface area contributed by atoms with E-state index in [2.05, 4.69) is 63.4 Å². The lowest BCUT2D eigenvalue weighted by atomic mass is 9.78. The van der Waals surface area contributed by atoms with Gasteiger partial charge in [-0.2, -0.15) is 0 Å². The molecule has 2 aliphatic carbocycles. The second-order valence-electron chi connectivity index (χ2n) is 4.72. The number of fused-ring (bicyclic) bond motifs is 2. The van der Waals surface area contributed by atoms with Gasteiger partial charge in [0.15, 0.2) is 0 Å². The topological polar surface area (TPSA) is 0 Å². The summed E-state index contributed by atoms with van der Waals surface area (Å²) >= 11 is 5.03. The summed E-state index contributed by atoms with van der Waals surface area (Å²) in [6.07, 6.45) is 6.57. The van der Waals surface area contributed by atoms with E-state index in [4.69, 9.17) is 0 Å². The summed E-state index contributed by atoms with van der Waals surface area (Å²) in [6.45, 7) is 0. The van der Waals surface area contributed by atoms with E-state index >= 15 is 0 Å². The van der Waals surface area contributed by atoms with Crippen molar-refractivity contribution in [3.8, 4) is 0 Å². The third-order valence-corrected chi connectivity index (χ3v) is 5.42. The Morgan fingerprint density at radius 3 is 2.88 bits per heavy atom. The third kappa shape index (κ3) is 2.07. The number of rotatable bonds is 0. The minimum absolute atomic E-state index is 0.877. The van der Waals surface area contributed by atoms with Crippen molar-refractivity contribution in [2.24, 2.45) is 0 Å². The first-order valence-corrected chi connectivity index (χ1v) is 8.20. The van der Waals surface area contributed by atoms with Crippen LogP contribution in [0.1, 0.15) is 36.8 Å². The summed E-state index contributed by atoms with van der Waals surface area (Å²) in [5.41, 5.74) is 6.58. The standard InChI is InChI=1S/C14H14I2/c15-11-3-5-13-9(7-11)1-2-10-8-12(16)4-6-14(10)13/h3,5,7,12H,1-2,4,6,8H2. The molecule has 2 heteroatoms. The SMILES string of the molecule is Ic1ccc2c(c1)CCC1=C2CCC(I)C1. The van der Waals surface area contributed by atoms with Crippen LogP contribution in [-0.2, 0) is 6.42 Å². The van der Waals surface area contributed by atoms with Gasteiger partial charge in [-0.15, -0.1) is 0 Å². The Kier molecular flexibility index (Phi) is 3.30. The first-order chi connectivity index (χ1) is 7.74. The smallest absolute Gasteiger partial charge is 0.0150 e. The van der Waals surface area contributed by atoms with E-state index < -0.39 is 0 Å². The Balaban J connectivity index is 2.07. The summed E-state index contributed by atoms with van der Waals surface area (Å²) in [5, 5.41) is 0. The number of halogens is 2. The van der Waals surface area contributed by atoms with Crippen LogP contribution < -0.4 is 0 Å². The van der Waals surface area contributed by atoms with Crippen LogP contribution in [0.2, 0.25) is 0 Å². The largest absolute Gasteiger partial charge is 0.0823 e. The predicted molar refractivity (Wildman–Crippen MR) is 86.1 cm³/mol. The third-order valence-electron chi connectivity index (χ3n) is 3.69. The van der Waals surface area contributed by atoms with Gasteiger partial charge in [-0.25, -0.2) is 0 Å². The van der Waals surface area contributed by atoms with Crippen molar-refractivity contribution in [1.29, 1.82) is 0 Å². The summed E-state index contributed by atoms with van der Waals surface area (Å²) in [5.74, 6) is 0. The molecule has 1 atom stereocenters. The van der Waals surface area contributed by atoms with E-state index in [1.54, 1.807) is 22.3 Å². The highest BCUT2D eigenvalue weighted by Gasteiger charge is 2.24. The van der Waals surface area contributed by atoms with Crippen molar-refractivity contribution in [3.63, 3.8) is 0 Å². The fourth-order valence-corrected chi connectivity index (χ4v) is 4.30. The van der Waals surface area contributed by atoms with Crippen LogP contribution in [0.5, 0.6) is 0 Å². The van der Waals surface area contributed by atoms with E-state index in [0.29, 0.717) is 0 Å². The van der Waals surface area contributed by atoms with Gasteiger partial charge in [0.05, 0.1) is 0 Å². The first kappa shape index (κ1) is 11.5. The molecule has 3 rings (SSSR count). The number of benzene rings is 1. The molecule has 1 aromatic rings. The zero-order valence-electron chi connectivity index (χ0n) is 9.10. The minimum atomic E-state index is 0.877. The van der Waals surface area contributed by atoms with E-state index in [9.17, 15) is 0 Å². The highest BCUT2D eigenvalue weighted by atomic mass is 127. The van der Waals surface area contributed by atoms with Crippen molar-refractivity contribution >= 4 is 50.8 Å². The molecule has 0 amide bonds. The van der Waals surface area contributed by atoms with Gasteiger partial charge in [0, 0.05) is 7.49 Å². The van der Waals surface area contributed by atoms with E-state index in [0.717, 1.165) is 3.92 Å². The second kappa shape index (κ2) is 4.59. The molecule has 1 unspecified atom stereocenters. The molecule has 0 aromatic heterocycles. The lowest BCUT2D eigenvalue weighted by molar-refractivity contribution is 0.707. The van der Waals surface area contributed by atoms with Gasteiger partial charge in [-0.3, -0.25) is 0 Å². The van der Waals surface area contributed by atoms with Crippen molar-refractivity contribution < 1.29 is 0 Å². The molecule has 1 aromatic carbocycles. The summed E-state index contributed by atoms with van der Waals surface area (Å²) in [4.78, 5) is 0. The molecule has 84 valence electrons. The van der Waals surface area contributed by atoms with Gasteiger partial charge in [-0.05, 0) is 83.5 Å². The van der Waals surface area contributed by atoms with Crippen molar-refractivity contribution in [2.75, 3.05) is 0 Å². The molecule has 0 N–H and O–H groups in total. The molecule has 16 heavy (non-hydrogen) atoms. The zero-order chi connectivity index (χ0) is 11.1. The van der Waals surface area contributed by atoms with Crippen LogP contribution in [0.4, 0.5) is 0 Å². The van der Waals surface area contributed by atoms with Gasteiger partial charge in [0.2, 0.25) is 0 Å². The molecule has 0 saturated carbocycles. The maximum Gasteiger partial charge on any atom is 0.0150 e. The van der Waals surface area contributed by atoms with Crippen molar-refractivity contribution in [1.82, 2.24) is 0 Å². The lowest BCUT2D eigenvalue weighted by Gasteiger charge is -2.29.